The highest BCUT2D eigenvalue weighted by Crippen LogP contribution is 2.37. The van der Waals surface area contributed by atoms with Crippen LogP contribution in [0.4, 0.5) is 15.8 Å². The number of rotatable bonds is 4. The zero-order chi connectivity index (χ0) is 15.8. The number of nitro groups is 1. The van der Waals surface area contributed by atoms with Gasteiger partial charge in [-0.3, -0.25) is 14.8 Å². The molecule has 6 nitrogen and oxygen atoms in total. The molecule has 0 aliphatic rings. The van der Waals surface area contributed by atoms with Crippen LogP contribution in [-0.2, 0) is 10.0 Å². The first-order valence-corrected chi connectivity index (χ1v) is 8.18. The zero-order valence-corrected chi connectivity index (χ0v) is 13.0. The molecule has 0 fully saturated rings. The lowest BCUT2D eigenvalue weighted by Gasteiger charge is -2.06. The summed E-state index contributed by atoms with van der Waals surface area (Å²) in [7, 11) is -4.08. The molecule has 112 valence electrons. The number of halogens is 3. The molecule has 0 bridgehead atoms. The predicted octanol–water partition coefficient (Wildman–Crippen LogP) is 3.90. The van der Waals surface area contributed by atoms with Crippen molar-refractivity contribution < 1.29 is 17.7 Å². The minimum Gasteiger partial charge on any atom is -0.279 e. The van der Waals surface area contributed by atoms with Crippen LogP contribution >= 0.6 is 34.5 Å². The third-order valence-corrected chi connectivity index (χ3v) is 5.76. The maximum atomic E-state index is 13.0. The zero-order valence-electron chi connectivity index (χ0n) is 9.84. The van der Waals surface area contributed by atoms with E-state index in [-0.39, 0.29) is 19.3 Å². The SMILES string of the molecule is O=[N+]([O-])c1cc(S(=O)(=O)Nc2ccc(F)c(Cl)c2)sc1Cl. The van der Waals surface area contributed by atoms with E-state index in [0.29, 0.717) is 11.3 Å². The van der Waals surface area contributed by atoms with E-state index < -0.39 is 26.5 Å². The Kier molecular flexibility index (Phi) is 4.38. The van der Waals surface area contributed by atoms with Gasteiger partial charge in [0.25, 0.3) is 15.7 Å². The van der Waals surface area contributed by atoms with E-state index in [2.05, 4.69) is 4.72 Å². The summed E-state index contributed by atoms with van der Waals surface area (Å²) in [6.07, 6.45) is 0. The van der Waals surface area contributed by atoms with Gasteiger partial charge in [-0.05, 0) is 18.2 Å². The van der Waals surface area contributed by atoms with Crippen molar-refractivity contribution in [2.45, 2.75) is 4.21 Å². The summed E-state index contributed by atoms with van der Waals surface area (Å²) < 4.78 is 38.7. The first-order valence-electron chi connectivity index (χ1n) is 5.12. The Balaban J connectivity index is 2.36. The predicted molar refractivity (Wildman–Crippen MR) is 78.2 cm³/mol. The van der Waals surface area contributed by atoms with Crippen LogP contribution in [0.2, 0.25) is 9.36 Å². The Morgan fingerprint density at radius 1 is 1.29 bits per heavy atom. The summed E-state index contributed by atoms with van der Waals surface area (Å²) in [6, 6.07) is 4.09. The lowest BCUT2D eigenvalue weighted by Crippen LogP contribution is -2.11. The number of thiophene rings is 1. The van der Waals surface area contributed by atoms with Crippen molar-refractivity contribution in [1.82, 2.24) is 0 Å². The van der Waals surface area contributed by atoms with Crippen molar-refractivity contribution in [2.24, 2.45) is 0 Å². The van der Waals surface area contributed by atoms with Crippen molar-refractivity contribution in [3.05, 3.63) is 49.6 Å². The summed E-state index contributed by atoms with van der Waals surface area (Å²) in [5, 5.41) is 10.4. The van der Waals surface area contributed by atoms with Crippen LogP contribution in [0.3, 0.4) is 0 Å². The van der Waals surface area contributed by atoms with Crippen molar-refractivity contribution in [3.63, 3.8) is 0 Å². The highest BCUT2D eigenvalue weighted by Gasteiger charge is 2.25. The molecular weight excluding hydrogens is 366 g/mol. The first kappa shape index (κ1) is 16.0. The number of nitrogens with one attached hydrogen (secondary N) is 1. The smallest absolute Gasteiger partial charge is 0.279 e. The van der Waals surface area contributed by atoms with Gasteiger partial charge in [-0.2, -0.15) is 0 Å². The second-order valence-electron chi connectivity index (χ2n) is 3.72. The Morgan fingerprint density at radius 2 is 1.95 bits per heavy atom. The van der Waals surface area contributed by atoms with Gasteiger partial charge < -0.3 is 0 Å². The van der Waals surface area contributed by atoms with E-state index in [1.165, 1.54) is 6.07 Å². The molecule has 1 aromatic heterocycles. The van der Waals surface area contributed by atoms with Gasteiger partial charge in [-0.25, -0.2) is 12.8 Å². The molecule has 1 N–H and O–H groups in total. The summed E-state index contributed by atoms with van der Waals surface area (Å²) in [4.78, 5) is 9.87. The van der Waals surface area contributed by atoms with Gasteiger partial charge in [0.1, 0.15) is 10.0 Å². The molecule has 1 heterocycles. The topological polar surface area (TPSA) is 89.3 Å². The van der Waals surface area contributed by atoms with Crippen LogP contribution in [0.15, 0.2) is 28.5 Å². The van der Waals surface area contributed by atoms with Crippen LogP contribution in [0.25, 0.3) is 0 Å². The fraction of sp³-hybridized carbons (Fsp3) is 0. The molecule has 11 heteroatoms. The van der Waals surface area contributed by atoms with Gasteiger partial charge in [0, 0.05) is 6.07 Å². The second-order valence-corrected chi connectivity index (χ2v) is 7.69. The normalized spacial score (nSPS) is 11.4. The van der Waals surface area contributed by atoms with Crippen molar-refractivity contribution in [3.8, 4) is 0 Å². The Morgan fingerprint density at radius 3 is 2.48 bits per heavy atom. The van der Waals surface area contributed by atoms with Gasteiger partial charge >= 0.3 is 0 Å². The molecule has 2 aromatic rings. The largest absolute Gasteiger partial charge is 0.300 e. The molecule has 0 radical (unpaired) electrons. The van der Waals surface area contributed by atoms with Gasteiger partial charge in [0.15, 0.2) is 4.34 Å². The van der Waals surface area contributed by atoms with E-state index in [9.17, 15) is 22.9 Å². The number of hydrogen-bond donors (Lipinski definition) is 1. The van der Waals surface area contributed by atoms with Crippen molar-refractivity contribution in [2.75, 3.05) is 4.72 Å². The molecule has 0 saturated carbocycles. The molecule has 0 saturated heterocycles. The van der Waals surface area contributed by atoms with Crippen LogP contribution in [0.5, 0.6) is 0 Å². The van der Waals surface area contributed by atoms with Crippen molar-refractivity contribution in [1.29, 1.82) is 0 Å². The molecule has 1 aromatic carbocycles. The van der Waals surface area contributed by atoms with Crippen molar-refractivity contribution >= 4 is 55.9 Å². The summed E-state index contributed by atoms with van der Waals surface area (Å²) in [6.45, 7) is 0. The first-order chi connectivity index (χ1) is 9.70. The monoisotopic (exact) mass is 370 g/mol. The van der Waals surface area contributed by atoms with Gasteiger partial charge in [-0.15, -0.1) is 11.3 Å². The van der Waals surface area contributed by atoms with E-state index in [1.54, 1.807) is 0 Å². The summed E-state index contributed by atoms with van der Waals surface area (Å²) >= 11 is 11.7. The molecule has 0 spiro atoms. The Labute approximate surface area is 132 Å². The third-order valence-electron chi connectivity index (χ3n) is 2.28. The average Bonchev–Trinajstić information content (AvgIpc) is 2.77. The second kappa shape index (κ2) is 5.76. The Bertz CT molecular complexity index is 822. The summed E-state index contributed by atoms with van der Waals surface area (Å²) in [5.74, 6) is -0.700. The average molecular weight is 371 g/mol. The van der Waals surface area contributed by atoms with E-state index in [1.807, 2.05) is 0 Å². The molecule has 0 atom stereocenters. The summed E-state index contributed by atoms with van der Waals surface area (Å²) in [5.41, 5.74) is -0.479. The highest BCUT2D eigenvalue weighted by molar-refractivity contribution is 7.94. The van der Waals surface area contributed by atoms with E-state index in [4.69, 9.17) is 23.2 Å². The van der Waals surface area contributed by atoms with Crippen LogP contribution in [-0.4, -0.2) is 13.3 Å². The number of anilines is 1. The van der Waals surface area contributed by atoms with E-state index in [0.717, 1.165) is 18.2 Å². The number of nitrogens with zero attached hydrogens (tertiary/aromatic N) is 1. The molecule has 0 unspecified atom stereocenters. The standard InChI is InChI=1S/C10H5Cl2FN2O4S2/c11-6-3-5(1-2-7(6)13)14-21(18,19)9-4-8(15(16)17)10(12)20-9/h1-4,14H. The molecule has 2 rings (SSSR count). The van der Waals surface area contributed by atoms with Crippen LogP contribution in [0.1, 0.15) is 0 Å². The molecule has 0 aliphatic heterocycles. The fourth-order valence-electron chi connectivity index (χ4n) is 1.36. The lowest BCUT2D eigenvalue weighted by atomic mass is 10.3. The fourth-order valence-corrected chi connectivity index (χ4v) is 4.25. The molecule has 0 aliphatic carbocycles. The van der Waals surface area contributed by atoms with Crippen LogP contribution in [0, 0.1) is 15.9 Å². The lowest BCUT2D eigenvalue weighted by molar-refractivity contribution is -0.384. The maximum Gasteiger partial charge on any atom is 0.300 e. The molecule has 21 heavy (non-hydrogen) atoms. The van der Waals surface area contributed by atoms with Gasteiger partial charge in [-0.1, -0.05) is 23.2 Å². The number of benzene rings is 1. The third kappa shape index (κ3) is 3.43. The molecule has 0 amide bonds. The van der Waals surface area contributed by atoms with Crippen LogP contribution < -0.4 is 4.72 Å². The number of hydrogen-bond acceptors (Lipinski definition) is 5. The minimum atomic E-state index is -4.08. The Hall–Kier alpha value is -1.42. The number of sulfonamides is 1. The quantitative estimate of drug-likeness (QED) is 0.652. The van der Waals surface area contributed by atoms with E-state index >= 15 is 0 Å². The highest BCUT2D eigenvalue weighted by atomic mass is 35.5. The minimum absolute atomic E-state index is 0.0218. The van der Waals surface area contributed by atoms with Gasteiger partial charge in [0.05, 0.1) is 15.6 Å². The maximum absolute atomic E-state index is 13.0. The van der Waals surface area contributed by atoms with Gasteiger partial charge in [0.2, 0.25) is 0 Å². The molecular formula is C10H5Cl2FN2O4S2.